The van der Waals surface area contributed by atoms with Crippen LogP contribution in [0.25, 0.3) is 0 Å². The van der Waals surface area contributed by atoms with Crippen LogP contribution in [0.2, 0.25) is 0 Å². The van der Waals surface area contributed by atoms with Gasteiger partial charge in [0.25, 0.3) is 0 Å². The van der Waals surface area contributed by atoms with Gasteiger partial charge in [0.1, 0.15) is 0 Å². The molecule has 1 unspecified atom stereocenters. The fourth-order valence-corrected chi connectivity index (χ4v) is 1.84. The summed E-state index contributed by atoms with van der Waals surface area (Å²) in [7, 11) is 1.60. The number of carbonyl (C=O) groups excluding carboxylic acids is 1. The molecule has 1 rings (SSSR count). The average Bonchev–Trinajstić information content (AvgIpc) is 2.45. The van der Waals surface area contributed by atoms with E-state index < -0.39 is 5.97 Å². The quantitative estimate of drug-likeness (QED) is 0.804. The van der Waals surface area contributed by atoms with Crippen LogP contribution in [0.5, 0.6) is 0 Å². The molecule has 0 radical (unpaired) electrons. The second-order valence-electron chi connectivity index (χ2n) is 4.90. The van der Waals surface area contributed by atoms with Crippen LogP contribution in [-0.2, 0) is 4.79 Å². The van der Waals surface area contributed by atoms with Crippen molar-refractivity contribution in [1.29, 1.82) is 0 Å². The molecule has 0 aromatic heterocycles. The summed E-state index contributed by atoms with van der Waals surface area (Å²) in [6.07, 6.45) is 0.812. The normalized spacial score (nSPS) is 11.7. The first-order valence-electron chi connectivity index (χ1n) is 6.76. The summed E-state index contributed by atoms with van der Waals surface area (Å²) in [5.41, 5.74) is 1.25. The molecule has 110 valence electrons. The topological polar surface area (TPSA) is 69.6 Å². The van der Waals surface area contributed by atoms with Crippen LogP contribution in [0.3, 0.4) is 0 Å². The molecule has 0 saturated heterocycles. The third-order valence-electron chi connectivity index (χ3n) is 3.23. The Bertz CT molecular complexity index is 434. The van der Waals surface area contributed by atoms with E-state index in [0.29, 0.717) is 12.5 Å². The minimum atomic E-state index is -0.901. The molecule has 20 heavy (non-hydrogen) atoms. The summed E-state index contributed by atoms with van der Waals surface area (Å²) >= 11 is 0. The van der Waals surface area contributed by atoms with Gasteiger partial charge in [0.2, 0.25) is 0 Å². The van der Waals surface area contributed by atoms with E-state index in [4.69, 9.17) is 5.11 Å². The van der Waals surface area contributed by atoms with Gasteiger partial charge < -0.3 is 15.3 Å². The number of amides is 2. The van der Waals surface area contributed by atoms with E-state index in [1.165, 1.54) is 10.5 Å². The molecule has 0 aliphatic rings. The minimum Gasteiger partial charge on any atom is -0.481 e. The maximum Gasteiger partial charge on any atom is 0.317 e. The zero-order valence-electron chi connectivity index (χ0n) is 12.0. The largest absolute Gasteiger partial charge is 0.481 e. The maximum absolute atomic E-state index is 11.7. The van der Waals surface area contributed by atoms with Crippen molar-refractivity contribution in [2.24, 2.45) is 0 Å². The van der Waals surface area contributed by atoms with Crippen molar-refractivity contribution in [2.45, 2.75) is 25.7 Å². The highest BCUT2D eigenvalue weighted by molar-refractivity contribution is 5.74. The fraction of sp³-hybridized carbons (Fsp3) is 0.467. The third-order valence-corrected chi connectivity index (χ3v) is 3.23. The Balaban J connectivity index is 2.26. The van der Waals surface area contributed by atoms with Gasteiger partial charge >= 0.3 is 12.0 Å². The highest BCUT2D eigenvalue weighted by Crippen LogP contribution is 2.17. The SMILES string of the molecule is CC(CCNC(=O)N(C)CCC(=O)O)c1ccccc1. The molecule has 1 aromatic carbocycles. The molecule has 2 N–H and O–H groups in total. The van der Waals surface area contributed by atoms with Gasteiger partial charge in [-0.2, -0.15) is 0 Å². The van der Waals surface area contributed by atoms with E-state index in [1.54, 1.807) is 7.05 Å². The Morgan fingerprint density at radius 1 is 1.30 bits per heavy atom. The van der Waals surface area contributed by atoms with Gasteiger partial charge in [0, 0.05) is 20.1 Å². The van der Waals surface area contributed by atoms with Crippen molar-refractivity contribution in [3.8, 4) is 0 Å². The van der Waals surface area contributed by atoms with Gasteiger partial charge in [-0.1, -0.05) is 37.3 Å². The summed E-state index contributed by atoms with van der Waals surface area (Å²) in [6, 6.07) is 9.91. The van der Waals surface area contributed by atoms with Crippen LogP contribution in [0, 0.1) is 0 Å². The standard InChI is InChI=1S/C15H22N2O3/c1-12(13-6-4-3-5-7-13)8-10-16-15(20)17(2)11-9-14(18)19/h3-7,12H,8-11H2,1-2H3,(H,16,20)(H,18,19). The Morgan fingerprint density at radius 3 is 2.55 bits per heavy atom. The zero-order chi connectivity index (χ0) is 15.0. The number of benzene rings is 1. The number of carboxylic acid groups (broad SMARTS) is 1. The lowest BCUT2D eigenvalue weighted by Gasteiger charge is -2.18. The second kappa shape index (κ2) is 8.19. The third kappa shape index (κ3) is 5.73. The van der Waals surface area contributed by atoms with Gasteiger partial charge in [-0.05, 0) is 17.9 Å². The smallest absolute Gasteiger partial charge is 0.317 e. The predicted octanol–water partition coefficient (Wildman–Crippen LogP) is 2.30. The molecule has 0 aliphatic carbocycles. The number of nitrogens with zero attached hydrogens (tertiary/aromatic N) is 1. The van der Waals surface area contributed by atoms with Gasteiger partial charge in [-0.25, -0.2) is 4.79 Å². The molecule has 0 heterocycles. The highest BCUT2D eigenvalue weighted by Gasteiger charge is 2.10. The number of hydrogen-bond donors (Lipinski definition) is 2. The molecule has 0 spiro atoms. The van der Waals surface area contributed by atoms with Crippen LogP contribution in [0.15, 0.2) is 30.3 Å². The van der Waals surface area contributed by atoms with Crippen LogP contribution in [-0.4, -0.2) is 42.1 Å². The van der Waals surface area contributed by atoms with Crippen LogP contribution in [0.4, 0.5) is 4.79 Å². The number of nitrogens with one attached hydrogen (secondary N) is 1. The van der Waals surface area contributed by atoms with E-state index in [0.717, 1.165) is 6.42 Å². The summed E-state index contributed by atoms with van der Waals surface area (Å²) in [5.74, 6) is -0.525. The number of hydrogen-bond acceptors (Lipinski definition) is 2. The molecular formula is C15H22N2O3. The lowest BCUT2D eigenvalue weighted by atomic mass is 9.98. The number of aliphatic carboxylic acids is 1. The molecule has 5 nitrogen and oxygen atoms in total. The molecule has 0 bridgehead atoms. The van der Waals surface area contributed by atoms with E-state index in [9.17, 15) is 9.59 Å². The summed E-state index contributed by atoms with van der Waals surface area (Å²) in [6.45, 7) is 2.91. The highest BCUT2D eigenvalue weighted by atomic mass is 16.4. The van der Waals surface area contributed by atoms with Crippen LogP contribution in [0.1, 0.15) is 31.2 Å². The van der Waals surface area contributed by atoms with Crippen molar-refractivity contribution in [3.05, 3.63) is 35.9 Å². The fourth-order valence-electron chi connectivity index (χ4n) is 1.84. The van der Waals surface area contributed by atoms with Crippen molar-refractivity contribution in [1.82, 2.24) is 10.2 Å². The van der Waals surface area contributed by atoms with Crippen molar-refractivity contribution < 1.29 is 14.7 Å². The van der Waals surface area contributed by atoms with Crippen LogP contribution < -0.4 is 5.32 Å². The first-order valence-corrected chi connectivity index (χ1v) is 6.76. The molecule has 0 aliphatic heterocycles. The minimum absolute atomic E-state index is 0.0374. The zero-order valence-corrected chi connectivity index (χ0v) is 12.0. The van der Waals surface area contributed by atoms with Gasteiger partial charge in [0.15, 0.2) is 0 Å². The second-order valence-corrected chi connectivity index (χ2v) is 4.90. The number of urea groups is 1. The molecule has 0 fully saturated rings. The Morgan fingerprint density at radius 2 is 1.95 bits per heavy atom. The van der Waals surface area contributed by atoms with Gasteiger partial charge in [-0.3, -0.25) is 4.79 Å². The van der Waals surface area contributed by atoms with Gasteiger partial charge in [-0.15, -0.1) is 0 Å². The average molecular weight is 278 g/mol. The van der Waals surface area contributed by atoms with Gasteiger partial charge in [0.05, 0.1) is 6.42 Å². The van der Waals surface area contributed by atoms with E-state index in [2.05, 4.69) is 24.4 Å². The number of rotatable bonds is 7. The Kier molecular flexibility index (Phi) is 6.56. The molecule has 2 amide bonds. The summed E-state index contributed by atoms with van der Waals surface area (Å²) < 4.78 is 0. The summed E-state index contributed by atoms with van der Waals surface area (Å²) in [4.78, 5) is 23.5. The monoisotopic (exact) mass is 278 g/mol. The predicted molar refractivity (Wildman–Crippen MR) is 77.8 cm³/mol. The van der Waals surface area contributed by atoms with Crippen molar-refractivity contribution in [2.75, 3.05) is 20.1 Å². The molecule has 5 heteroatoms. The maximum atomic E-state index is 11.7. The molecule has 0 saturated carbocycles. The molecule has 1 atom stereocenters. The summed E-state index contributed by atoms with van der Waals surface area (Å²) in [5, 5.41) is 11.4. The van der Waals surface area contributed by atoms with Crippen molar-refractivity contribution >= 4 is 12.0 Å². The lowest BCUT2D eigenvalue weighted by Crippen LogP contribution is -2.39. The van der Waals surface area contributed by atoms with E-state index in [1.807, 2.05) is 18.2 Å². The molecule has 1 aromatic rings. The Labute approximate surface area is 119 Å². The Hall–Kier alpha value is -2.04. The molecular weight excluding hydrogens is 256 g/mol. The van der Waals surface area contributed by atoms with E-state index in [-0.39, 0.29) is 19.0 Å². The first kappa shape index (κ1) is 16.0. The van der Waals surface area contributed by atoms with E-state index >= 15 is 0 Å². The number of carbonyl (C=O) groups is 2. The van der Waals surface area contributed by atoms with Crippen molar-refractivity contribution in [3.63, 3.8) is 0 Å². The lowest BCUT2D eigenvalue weighted by molar-refractivity contribution is -0.137. The number of carboxylic acids is 1. The van der Waals surface area contributed by atoms with Crippen LogP contribution >= 0.6 is 0 Å². The first-order chi connectivity index (χ1) is 9.50.